The predicted molar refractivity (Wildman–Crippen MR) is 65.8 cm³/mol. The lowest BCUT2D eigenvalue weighted by Crippen LogP contribution is -2.25. The first-order valence-corrected chi connectivity index (χ1v) is 5.19. The summed E-state index contributed by atoms with van der Waals surface area (Å²) in [5.41, 5.74) is 0.675. The topological polar surface area (TPSA) is 89.3 Å². The summed E-state index contributed by atoms with van der Waals surface area (Å²) in [5.74, 6) is -0.518. The second-order valence-corrected chi connectivity index (χ2v) is 3.56. The van der Waals surface area contributed by atoms with Crippen molar-refractivity contribution in [2.24, 2.45) is 0 Å². The van der Waals surface area contributed by atoms with Crippen molar-refractivity contribution in [3.05, 3.63) is 46.0 Å². The van der Waals surface area contributed by atoms with E-state index >= 15 is 0 Å². The molecule has 6 heteroatoms. The number of nitrogens with one attached hydrogen (secondary N) is 1. The van der Waals surface area contributed by atoms with Gasteiger partial charge in [0.05, 0.1) is 11.5 Å². The molecular formula is C12H12N2O4. The summed E-state index contributed by atoms with van der Waals surface area (Å²) in [5, 5.41) is 12.8. The Morgan fingerprint density at radius 1 is 1.33 bits per heavy atom. The Bertz CT molecular complexity index is 491. The molecule has 0 bridgehead atoms. The number of hydrogen-bond donors (Lipinski definition) is 1. The summed E-state index contributed by atoms with van der Waals surface area (Å²) < 4.78 is 0. The monoisotopic (exact) mass is 248 g/mol. The van der Waals surface area contributed by atoms with E-state index in [1.54, 1.807) is 12.1 Å². The molecule has 0 atom stereocenters. The fraction of sp³-hybridized carbons (Fsp3) is 0.167. The van der Waals surface area contributed by atoms with Crippen LogP contribution in [0.1, 0.15) is 12.5 Å². The number of nitro benzene ring substituents is 1. The Hall–Kier alpha value is -2.50. The molecule has 1 aromatic rings. The summed E-state index contributed by atoms with van der Waals surface area (Å²) in [6, 6.07) is 5.80. The van der Waals surface area contributed by atoms with Gasteiger partial charge in [0.15, 0.2) is 5.78 Å². The smallest absolute Gasteiger partial charge is 0.269 e. The third kappa shape index (κ3) is 4.56. The SMILES string of the molecule is CC(=O)NCC(=O)/C=C\c1ccc([N+](=O)[O-])cc1. The van der Waals surface area contributed by atoms with Gasteiger partial charge in [-0.3, -0.25) is 19.7 Å². The highest BCUT2D eigenvalue weighted by Gasteiger charge is 2.02. The van der Waals surface area contributed by atoms with Crippen LogP contribution in [0, 0.1) is 10.1 Å². The number of carbonyl (C=O) groups excluding carboxylic acids is 2. The van der Waals surface area contributed by atoms with Crippen LogP contribution >= 0.6 is 0 Å². The number of nitrogens with zero attached hydrogens (tertiary/aromatic N) is 1. The molecule has 1 aromatic carbocycles. The van der Waals surface area contributed by atoms with Gasteiger partial charge in [0.25, 0.3) is 5.69 Å². The van der Waals surface area contributed by atoms with E-state index in [2.05, 4.69) is 5.32 Å². The van der Waals surface area contributed by atoms with Crippen LogP contribution in [0.3, 0.4) is 0 Å². The fourth-order valence-corrected chi connectivity index (χ4v) is 1.17. The number of nitro groups is 1. The summed E-state index contributed by atoms with van der Waals surface area (Å²) in [6.45, 7) is 1.27. The molecule has 0 saturated carbocycles. The first-order chi connectivity index (χ1) is 8.49. The van der Waals surface area contributed by atoms with Crippen LogP contribution in [0.4, 0.5) is 5.69 Å². The van der Waals surface area contributed by atoms with Gasteiger partial charge < -0.3 is 5.32 Å². The van der Waals surface area contributed by atoms with Crippen LogP contribution < -0.4 is 5.32 Å². The molecule has 0 heterocycles. The molecule has 0 aliphatic carbocycles. The molecule has 0 fully saturated rings. The largest absolute Gasteiger partial charge is 0.349 e. The van der Waals surface area contributed by atoms with Crippen LogP contribution in [0.2, 0.25) is 0 Å². The molecule has 94 valence electrons. The summed E-state index contributed by atoms with van der Waals surface area (Å²) in [6.07, 6.45) is 2.85. The lowest BCUT2D eigenvalue weighted by Gasteiger charge is -1.97. The first kappa shape index (κ1) is 13.6. The van der Waals surface area contributed by atoms with Gasteiger partial charge >= 0.3 is 0 Å². The molecule has 6 nitrogen and oxygen atoms in total. The Labute approximate surface area is 103 Å². The number of benzene rings is 1. The predicted octanol–water partition coefficient (Wildman–Crippen LogP) is 1.31. The van der Waals surface area contributed by atoms with Crippen molar-refractivity contribution < 1.29 is 14.5 Å². The zero-order chi connectivity index (χ0) is 13.5. The Morgan fingerprint density at radius 2 is 1.94 bits per heavy atom. The van der Waals surface area contributed by atoms with Gasteiger partial charge in [-0.2, -0.15) is 0 Å². The average Bonchev–Trinajstić information content (AvgIpc) is 2.34. The number of non-ortho nitro benzene ring substituents is 1. The second-order valence-electron chi connectivity index (χ2n) is 3.56. The van der Waals surface area contributed by atoms with E-state index in [9.17, 15) is 19.7 Å². The van der Waals surface area contributed by atoms with Crippen LogP contribution in [-0.4, -0.2) is 23.2 Å². The fourth-order valence-electron chi connectivity index (χ4n) is 1.17. The van der Waals surface area contributed by atoms with Gasteiger partial charge in [-0.05, 0) is 23.8 Å². The first-order valence-electron chi connectivity index (χ1n) is 5.19. The molecule has 18 heavy (non-hydrogen) atoms. The number of amides is 1. The van der Waals surface area contributed by atoms with Crippen molar-refractivity contribution in [1.82, 2.24) is 5.32 Å². The van der Waals surface area contributed by atoms with Gasteiger partial charge in [0.2, 0.25) is 5.91 Å². The maximum atomic E-state index is 11.3. The van der Waals surface area contributed by atoms with E-state index in [0.717, 1.165) is 0 Å². The van der Waals surface area contributed by atoms with Crippen molar-refractivity contribution in [1.29, 1.82) is 0 Å². The minimum atomic E-state index is -0.491. The molecule has 1 N–H and O–H groups in total. The lowest BCUT2D eigenvalue weighted by molar-refractivity contribution is -0.384. The van der Waals surface area contributed by atoms with Gasteiger partial charge in [-0.1, -0.05) is 6.08 Å². The highest BCUT2D eigenvalue weighted by atomic mass is 16.6. The van der Waals surface area contributed by atoms with Crippen LogP contribution in [0.25, 0.3) is 6.08 Å². The van der Waals surface area contributed by atoms with Crippen molar-refractivity contribution in [3.63, 3.8) is 0 Å². The van der Waals surface area contributed by atoms with Crippen molar-refractivity contribution in [2.75, 3.05) is 6.54 Å². The van der Waals surface area contributed by atoms with E-state index in [-0.39, 0.29) is 23.9 Å². The van der Waals surface area contributed by atoms with Gasteiger partial charge in [0.1, 0.15) is 0 Å². The number of hydrogen-bond acceptors (Lipinski definition) is 4. The van der Waals surface area contributed by atoms with E-state index in [1.807, 2.05) is 0 Å². The minimum absolute atomic E-state index is 0.00303. The molecule has 0 saturated heterocycles. The number of ketones is 1. The Balaban J connectivity index is 2.58. The third-order valence-electron chi connectivity index (χ3n) is 2.08. The van der Waals surface area contributed by atoms with E-state index < -0.39 is 4.92 Å². The minimum Gasteiger partial charge on any atom is -0.349 e. The van der Waals surface area contributed by atoms with Crippen molar-refractivity contribution >= 4 is 23.5 Å². The summed E-state index contributed by atoms with van der Waals surface area (Å²) in [7, 11) is 0. The summed E-state index contributed by atoms with van der Waals surface area (Å²) >= 11 is 0. The molecular weight excluding hydrogens is 236 g/mol. The standard InChI is InChI=1S/C12H12N2O4/c1-9(15)13-8-12(16)7-4-10-2-5-11(6-3-10)14(17)18/h2-7H,8H2,1H3,(H,13,15)/b7-4-. The normalized spacial score (nSPS) is 10.3. The zero-order valence-electron chi connectivity index (χ0n) is 9.75. The Morgan fingerprint density at radius 3 is 2.44 bits per heavy atom. The quantitative estimate of drug-likeness (QED) is 0.483. The van der Waals surface area contributed by atoms with Crippen molar-refractivity contribution in [3.8, 4) is 0 Å². The lowest BCUT2D eigenvalue weighted by atomic mass is 10.2. The maximum Gasteiger partial charge on any atom is 0.269 e. The van der Waals surface area contributed by atoms with Crippen LogP contribution in [-0.2, 0) is 9.59 Å². The van der Waals surface area contributed by atoms with E-state index in [1.165, 1.54) is 31.2 Å². The van der Waals surface area contributed by atoms with Gasteiger partial charge in [-0.15, -0.1) is 0 Å². The Kier molecular flexibility index (Phi) is 4.74. The molecule has 0 aliphatic heterocycles. The molecule has 0 radical (unpaired) electrons. The molecule has 0 aromatic heterocycles. The molecule has 0 unspecified atom stereocenters. The molecule has 0 spiro atoms. The van der Waals surface area contributed by atoms with Crippen LogP contribution in [0.15, 0.2) is 30.3 Å². The van der Waals surface area contributed by atoms with E-state index in [4.69, 9.17) is 0 Å². The van der Waals surface area contributed by atoms with Crippen molar-refractivity contribution in [2.45, 2.75) is 6.92 Å². The molecule has 1 rings (SSSR count). The second kappa shape index (κ2) is 6.29. The highest BCUT2D eigenvalue weighted by Crippen LogP contribution is 2.12. The highest BCUT2D eigenvalue weighted by molar-refractivity contribution is 5.96. The number of rotatable bonds is 5. The molecule has 0 aliphatic rings. The molecule has 1 amide bonds. The van der Waals surface area contributed by atoms with Crippen LogP contribution in [0.5, 0.6) is 0 Å². The zero-order valence-corrected chi connectivity index (χ0v) is 9.75. The summed E-state index contributed by atoms with van der Waals surface area (Å²) in [4.78, 5) is 31.8. The maximum absolute atomic E-state index is 11.3. The third-order valence-corrected chi connectivity index (χ3v) is 2.08. The van der Waals surface area contributed by atoms with E-state index in [0.29, 0.717) is 5.56 Å². The average molecular weight is 248 g/mol. The van der Waals surface area contributed by atoms with Gasteiger partial charge in [-0.25, -0.2) is 0 Å². The number of carbonyl (C=O) groups is 2. The van der Waals surface area contributed by atoms with Gasteiger partial charge in [0, 0.05) is 19.1 Å².